The topological polar surface area (TPSA) is 95.9 Å². The molecule has 0 aliphatic carbocycles. The molecule has 6 nitrogen and oxygen atoms in total. The molecule has 0 aliphatic rings. The predicted molar refractivity (Wildman–Crippen MR) is 379 cm³/mol. The van der Waals surface area contributed by atoms with Gasteiger partial charge >= 0.3 is 5.97 Å². The molecule has 508 valence electrons. The van der Waals surface area contributed by atoms with Gasteiger partial charge in [-0.2, -0.15) is 0 Å². The molecule has 0 aromatic carbocycles. The quantitative estimate of drug-likeness (QED) is 0.0320. The molecule has 2 unspecified atom stereocenters. The van der Waals surface area contributed by atoms with Gasteiger partial charge in [-0.3, -0.25) is 9.59 Å². The van der Waals surface area contributed by atoms with Gasteiger partial charge in [-0.05, 0) is 83.5 Å². The number of rotatable bonds is 74. The van der Waals surface area contributed by atoms with Crippen LogP contribution in [0.4, 0.5) is 0 Å². The maximum atomic E-state index is 12.5. The molecular weight excluding hydrogens is 1050 g/mol. The Morgan fingerprint density at radius 3 is 0.826 bits per heavy atom. The van der Waals surface area contributed by atoms with E-state index in [2.05, 4.69) is 43.5 Å². The fourth-order valence-electron chi connectivity index (χ4n) is 12.4. The van der Waals surface area contributed by atoms with Gasteiger partial charge in [-0.1, -0.05) is 378 Å². The summed E-state index contributed by atoms with van der Waals surface area (Å²) >= 11 is 0. The molecule has 0 aromatic heterocycles. The zero-order chi connectivity index (χ0) is 62.0. The Kier molecular flexibility index (Phi) is 73.9. The second-order valence-corrected chi connectivity index (χ2v) is 27.0. The van der Waals surface area contributed by atoms with Gasteiger partial charge in [-0.15, -0.1) is 0 Å². The smallest absolute Gasteiger partial charge is 0.305 e. The Balaban J connectivity index is 3.38. The third kappa shape index (κ3) is 71.2. The molecule has 0 fully saturated rings. The second kappa shape index (κ2) is 75.5. The van der Waals surface area contributed by atoms with E-state index >= 15 is 0 Å². The third-order valence-corrected chi connectivity index (χ3v) is 18.4. The van der Waals surface area contributed by atoms with Crippen molar-refractivity contribution in [1.82, 2.24) is 5.32 Å². The highest BCUT2D eigenvalue weighted by atomic mass is 16.5. The number of hydrogen-bond donors (Lipinski definition) is 3. The molecule has 3 N–H and O–H groups in total. The summed E-state index contributed by atoms with van der Waals surface area (Å²) in [6.07, 6.45) is 98.3. The molecule has 86 heavy (non-hydrogen) atoms. The van der Waals surface area contributed by atoms with E-state index in [1.807, 2.05) is 6.08 Å². The van der Waals surface area contributed by atoms with E-state index in [4.69, 9.17) is 4.74 Å². The maximum Gasteiger partial charge on any atom is 0.305 e. The van der Waals surface area contributed by atoms with Crippen molar-refractivity contribution in [2.75, 3.05) is 13.2 Å². The highest BCUT2D eigenvalue weighted by Crippen LogP contribution is 2.19. The van der Waals surface area contributed by atoms with Crippen molar-refractivity contribution in [3.05, 3.63) is 36.5 Å². The molecule has 1 amide bonds. The summed E-state index contributed by atoms with van der Waals surface area (Å²) in [5.74, 6) is -0.0478. The van der Waals surface area contributed by atoms with E-state index in [0.29, 0.717) is 19.4 Å². The Hall–Kier alpha value is -1.92. The molecule has 0 aliphatic heterocycles. The number of esters is 1. The zero-order valence-electron chi connectivity index (χ0n) is 58.3. The summed E-state index contributed by atoms with van der Waals surface area (Å²) in [6.45, 7) is 4.94. The van der Waals surface area contributed by atoms with Crippen LogP contribution in [0.2, 0.25) is 0 Å². The zero-order valence-corrected chi connectivity index (χ0v) is 58.3. The van der Waals surface area contributed by atoms with Gasteiger partial charge in [0.25, 0.3) is 0 Å². The van der Waals surface area contributed by atoms with Crippen LogP contribution in [0.3, 0.4) is 0 Å². The minimum absolute atomic E-state index is 0.0142. The van der Waals surface area contributed by atoms with Crippen LogP contribution in [0, 0.1) is 0 Å². The molecule has 0 radical (unpaired) electrons. The van der Waals surface area contributed by atoms with Gasteiger partial charge in [-0.25, -0.2) is 0 Å². The van der Waals surface area contributed by atoms with E-state index in [1.54, 1.807) is 6.08 Å². The van der Waals surface area contributed by atoms with Gasteiger partial charge in [0.15, 0.2) is 0 Å². The maximum absolute atomic E-state index is 12.5. The fourth-order valence-corrected chi connectivity index (χ4v) is 12.4. The highest BCUT2D eigenvalue weighted by molar-refractivity contribution is 5.76. The molecule has 0 bridgehead atoms. The van der Waals surface area contributed by atoms with Crippen molar-refractivity contribution < 1.29 is 24.5 Å². The number of ether oxygens (including phenoxy) is 1. The first-order chi connectivity index (χ1) is 42.5. The van der Waals surface area contributed by atoms with Crippen molar-refractivity contribution >= 4 is 11.9 Å². The molecular formula is C80H153NO5. The molecule has 6 heteroatoms. The minimum Gasteiger partial charge on any atom is -0.466 e. The van der Waals surface area contributed by atoms with Crippen LogP contribution < -0.4 is 5.32 Å². The monoisotopic (exact) mass is 1210 g/mol. The Bertz CT molecular complexity index is 1390. The van der Waals surface area contributed by atoms with Crippen LogP contribution in [-0.2, 0) is 14.3 Å². The lowest BCUT2D eigenvalue weighted by Crippen LogP contribution is -2.45. The third-order valence-electron chi connectivity index (χ3n) is 18.4. The second-order valence-electron chi connectivity index (χ2n) is 27.0. The van der Waals surface area contributed by atoms with Crippen molar-refractivity contribution in [2.45, 2.75) is 450 Å². The summed E-state index contributed by atoms with van der Waals surface area (Å²) in [6, 6.07) is -0.628. The first kappa shape index (κ1) is 84.1. The number of aliphatic hydroxyl groups is 2. The van der Waals surface area contributed by atoms with E-state index in [9.17, 15) is 19.8 Å². The van der Waals surface area contributed by atoms with Crippen molar-refractivity contribution in [2.24, 2.45) is 0 Å². The number of allylic oxidation sites excluding steroid dienone is 5. The predicted octanol–water partition coefficient (Wildman–Crippen LogP) is 25.8. The van der Waals surface area contributed by atoms with E-state index < -0.39 is 12.1 Å². The number of unbranched alkanes of at least 4 members (excludes halogenated alkanes) is 59. The van der Waals surface area contributed by atoms with Gasteiger partial charge in [0.2, 0.25) is 5.91 Å². The molecule has 0 rings (SSSR count). The molecule has 2 atom stereocenters. The normalized spacial score (nSPS) is 12.7. The molecule has 0 saturated carbocycles. The highest BCUT2D eigenvalue weighted by Gasteiger charge is 2.18. The number of carbonyl (C=O) groups is 2. The first-order valence-electron chi connectivity index (χ1n) is 39.3. The van der Waals surface area contributed by atoms with Gasteiger partial charge in [0.1, 0.15) is 0 Å². The van der Waals surface area contributed by atoms with Crippen molar-refractivity contribution in [3.63, 3.8) is 0 Å². The lowest BCUT2D eigenvalue weighted by molar-refractivity contribution is -0.143. The van der Waals surface area contributed by atoms with E-state index in [0.717, 1.165) is 44.9 Å². The molecule has 0 saturated heterocycles. The Morgan fingerprint density at radius 2 is 0.547 bits per heavy atom. The standard InChI is InChI=1S/C80H153NO5/c1-3-5-7-9-11-13-15-17-19-21-22-23-34-37-41-44-48-52-56-60-64-68-72-78(83)77(76-82)81-79(84)73-69-65-61-57-53-49-45-42-38-35-32-30-28-26-24-25-27-29-31-33-36-39-43-47-51-55-59-63-67-71-75-86-80(85)74-70-66-62-58-54-50-46-40-20-18-16-14-12-10-8-6-4-2/h18,20,25,27,68,72,77-78,82-83H,3-17,19,21-24,26,28-67,69-71,73-76H2,1-2H3,(H,81,84)/b20-18-,27-25-,72-68+. The summed E-state index contributed by atoms with van der Waals surface area (Å²) in [4.78, 5) is 24.6. The number of nitrogens with one attached hydrogen (secondary N) is 1. The van der Waals surface area contributed by atoms with Gasteiger partial charge in [0, 0.05) is 12.8 Å². The largest absolute Gasteiger partial charge is 0.466 e. The molecule has 0 heterocycles. The lowest BCUT2D eigenvalue weighted by atomic mass is 10.0. The molecule has 0 aromatic rings. The molecule has 0 spiro atoms. The first-order valence-corrected chi connectivity index (χ1v) is 39.3. The number of carbonyl (C=O) groups excluding carboxylic acids is 2. The van der Waals surface area contributed by atoms with Crippen LogP contribution in [0.5, 0.6) is 0 Å². The SMILES string of the molecule is CCCCCCCC/C=C\CCCCCCCCCC(=O)OCCCCCCCCCCCCCC/C=C\CCCCCCCCCCCCCCCCC(=O)NC(CO)C(O)/C=C/CCCCCCCCCCCCCCCCCCCCCC. The average molecular weight is 1210 g/mol. The summed E-state index contributed by atoms with van der Waals surface area (Å²) in [5, 5.41) is 23.3. The number of aliphatic hydroxyl groups excluding tert-OH is 2. The average Bonchev–Trinajstić information content (AvgIpc) is 3.56. The van der Waals surface area contributed by atoms with Gasteiger partial charge in [0.05, 0.1) is 25.4 Å². The van der Waals surface area contributed by atoms with Crippen molar-refractivity contribution in [3.8, 4) is 0 Å². The summed E-state index contributed by atoms with van der Waals surface area (Å²) in [7, 11) is 0. The van der Waals surface area contributed by atoms with E-state index in [-0.39, 0.29) is 18.5 Å². The minimum atomic E-state index is -0.845. The van der Waals surface area contributed by atoms with Crippen LogP contribution >= 0.6 is 0 Å². The van der Waals surface area contributed by atoms with Crippen LogP contribution in [-0.4, -0.2) is 47.4 Å². The van der Waals surface area contributed by atoms with E-state index in [1.165, 1.54) is 366 Å². The van der Waals surface area contributed by atoms with Gasteiger partial charge < -0.3 is 20.3 Å². The Morgan fingerprint density at radius 1 is 0.314 bits per heavy atom. The van der Waals surface area contributed by atoms with Crippen molar-refractivity contribution in [1.29, 1.82) is 0 Å². The number of hydrogen-bond acceptors (Lipinski definition) is 5. The number of amides is 1. The van der Waals surface area contributed by atoms with Crippen LogP contribution in [0.15, 0.2) is 36.5 Å². The van der Waals surface area contributed by atoms with Crippen LogP contribution in [0.1, 0.15) is 438 Å². The summed E-state index contributed by atoms with van der Waals surface area (Å²) in [5.41, 5.74) is 0. The summed E-state index contributed by atoms with van der Waals surface area (Å²) < 4.78 is 5.51. The Labute approximate surface area is 538 Å². The fraction of sp³-hybridized carbons (Fsp3) is 0.900. The lowest BCUT2D eigenvalue weighted by Gasteiger charge is -2.20. The van der Waals surface area contributed by atoms with Crippen LogP contribution in [0.25, 0.3) is 0 Å².